The Morgan fingerprint density at radius 3 is 2.71 bits per heavy atom. The quantitative estimate of drug-likeness (QED) is 0.533. The van der Waals surface area contributed by atoms with Gasteiger partial charge in [0.2, 0.25) is 0 Å². The summed E-state index contributed by atoms with van der Waals surface area (Å²) < 4.78 is 1.02. The van der Waals surface area contributed by atoms with Crippen molar-refractivity contribution in [3.63, 3.8) is 0 Å². The van der Waals surface area contributed by atoms with Crippen molar-refractivity contribution in [3.05, 3.63) is 33.1 Å². The van der Waals surface area contributed by atoms with Crippen molar-refractivity contribution in [2.75, 3.05) is 18.5 Å². The lowest BCUT2D eigenvalue weighted by atomic mass is 10.1. The van der Waals surface area contributed by atoms with E-state index >= 15 is 0 Å². The third-order valence-corrected chi connectivity index (χ3v) is 5.67. The van der Waals surface area contributed by atoms with Crippen molar-refractivity contribution >= 4 is 73.3 Å². The van der Waals surface area contributed by atoms with E-state index in [2.05, 4.69) is 15.9 Å². The molecule has 0 spiro atoms. The highest BCUT2D eigenvalue weighted by molar-refractivity contribution is 9.10. The first-order chi connectivity index (χ1) is 11.3. The summed E-state index contributed by atoms with van der Waals surface area (Å²) in [6, 6.07) is 5.39. The van der Waals surface area contributed by atoms with Gasteiger partial charge in [0, 0.05) is 36.0 Å². The number of thiocarbonyl (C=S) groups is 1. The fourth-order valence-corrected chi connectivity index (χ4v) is 4.30. The number of thioether (sulfide) groups is 1. The Bertz CT molecular complexity index is 837. The van der Waals surface area contributed by atoms with Gasteiger partial charge in [0.15, 0.2) is 0 Å². The number of hydrogen-bond acceptors (Lipinski definition) is 6. The van der Waals surface area contributed by atoms with Gasteiger partial charge in [-0.25, -0.2) is 0 Å². The third kappa shape index (κ3) is 2.76. The summed E-state index contributed by atoms with van der Waals surface area (Å²) in [6.45, 7) is -0.0703. The van der Waals surface area contributed by atoms with Gasteiger partial charge in [-0.3, -0.25) is 14.5 Å². The molecule has 124 valence electrons. The van der Waals surface area contributed by atoms with E-state index in [1.807, 2.05) is 6.07 Å². The summed E-state index contributed by atoms with van der Waals surface area (Å²) in [5.74, 6) is -2.00. The fourth-order valence-electron chi connectivity index (χ4n) is 2.56. The summed E-state index contributed by atoms with van der Waals surface area (Å²) in [7, 11) is 1.64. The molecule has 1 aromatic carbocycles. The van der Waals surface area contributed by atoms with Crippen LogP contribution in [0.1, 0.15) is 12.0 Å². The molecule has 1 fully saturated rings. The molecule has 24 heavy (non-hydrogen) atoms. The Morgan fingerprint density at radius 2 is 2.04 bits per heavy atom. The zero-order chi connectivity index (χ0) is 17.6. The molecule has 1 saturated heterocycles. The van der Waals surface area contributed by atoms with Gasteiger partial charge < -0.3 is 14.8 Å². The minimum Gasteiger partial charge on any atom is -0.550 e. The van der Waals surface area contributed by atoms with Crippen molar-refractivity contribution in [2.45, 2.75) is 6.42 Å². The number of rotatable bonds is 3. The molecule has 0 aliphatic carbocycles. The smallest absolute Gasteiger partial charge is 0.267 e. The maximum Gasteiger partial charge on any atom is 0.267 e. The van der Waals surface area contributed by atoms with E-state index in [9.17, 15) is 19.5 Å². The molecule has 0 aromatic heterocycles. The van der Waals surface area contributed by atoms with Crippen LogP contribution in [-0.2, 0) is 14.4 Å². The monoisotopic (exact) mass is 425 g/mol. The largest absolute Gasteiger partial charge is 0.550 e. The van der Waals surface area contributed by atoms with Gasteiger partial charge in [0.25, 0.3) is 11.8 Å². The number of carboxylic acid groups (broad SMARTS) is 1. The van der Waals surface area contributed by atoms with Gasteiger partial charge in [-0.05, 0) is 18.2 Å². The third-order valence-electron chi connectivity index (χ3n) is 3.72. The first-order valence-electron chi connectivity index (χ1n) is 6.87. The van der Waals surface area contributed by atoms with Crippen LogP contribution in [0.4, 0.5) is 5.69 Å². The van der Waals surface area contributed by atoms with E-state index in [1.165, 1.54) is 9.80 Å². The van der Waals surface area contributed by atoms with Gasteiger partial charge in [-0.1, -0.05) is 39.9 Å². The highest BCUT2D eigenvalue weighted by atomic mass is 79.9. The average molecular weight is 426 g/mol. The first-order valence-corrected chi connectivity index (χ1v) is 8.89. The highest BCUT2D eigenvalue weighted by Gasteiger charge is 2.40. The lowest BCUT2D eigenvalue weighted by Crippen LogP contribution is -2.34. The Labute approximate surface area is 155 Å². The first kappa shape index (κ1) is 17.1. The molecule has 0 radical (unpaired) electrons. The Hall–Kier alpha value is -1.71. The normalized spacial score (nSPS) is 20.2. The van der Waals surface area contributed by atoms with Crippen molar-refractivity contribution in [3.8, 4) is 0 Å². The maximum atomic E-state index is 12.6. The van der Waals surface area contributed by atoms with Crippen molar-refractivity contribution in [2.24, 2.45) is 0 Å². The predicted molar refractivity (Wildman–Crippen MR) is 96.0 cm³/mol. The lowest BCUT2D eigenvalue weighted by molar-refractivity contribution is -0.305. The zero-order valence-electron chi connectivity index (χ0n) is 12.4. The highest BCUT2D eigenvalue weighted by Crippen LogP contribution is 2.44. The van der Waals surface area contributed by atoms with E-state index in [0.29, 0.717) is 16.8 Å². The molecule has 0 bridgehead atoms. The molecular weight excluding hydrogens is 416 g/mol. The van der Waals surface area contributed by atoms with Gasteiger partial charge in [0.1, 0.15) is 4.32 Å². The standard InChI is InChI=1S/C15H11BrN2O4S2/c1-17-9-3-2-7(16)6-8(9)11(13(17)21)12-14(22)18(15(23)24-12)5-4-10(19)20/h2-3,6H,4-5H2,1H3,(H,19,20)/p-1. The van der Waals surface area contributed by atoms with Gasteiger partial charge in [-0.2, -0.15) is 0 Å². The maximum absolute atomic E-state index is 12.6. The number of likely N-dealkylation sites (N-methyl/N-ethyl adjacent to an activating group) is 1. The molecule has 0 unspecified atom stereocenters. The van der Waals surface area contributed by atoms with Crippen molar-refractivity contribution in [1.82, 2.24) is 4.90 Å². The Balaban J connectivity index is 2.06. The number of anilines is 1. The summed E-state index contributed by atoms with van der Waals surface area (Å²) in [5.41, 5.74) is 1.65. The number of aliphatic carboxylic acids is 1. The molecule has 0 atom stereocenters. The number of hydrogen-bond donors (Lipinski definition) is 0. The molecule has 9 heteroatoms. The molecule has 2 aliphatic heterocycles. The topological polar surface area (TPSA) is 80.8 Å². The number of halogens is 1. The predicted octanol–water partition coefficient (Wildman–Crippen LogP) is 1.14. The van der Waals surface area contributed by atoms with Crippen LogP contribution in [0.5, 0.6) is 0 Å². The van der Waals surface area contributed by atoms with Crippen molar-refractivity contribution in [1.29, 1.82) is 0 Å². The van der Waals surface area contributed by atoms with E-state index < -0.39 is 11.9 Å². The second-order valence-electron chi connectivity index (χ2n) is 5.18. The summed E-state index contributed by atoms with van der Waals surface area (Å²) >= 11 is 9.55. The number of amides is 2. The number of fused-ring (bicyclic) bond motifs is 1. The second kappa shape index (κ2) is 6.30. The van der Waals surface area contributed by atoms with Crippen LogP contribution in [0, 0.1) is 0 Å². The van der Waals surface area contributed by atoms with E-state index in [1.54, 1.807) is 19.2 Å². The molecule has 0 N–H and O–H groups in total. The van der Waals surface area contributed by atoms with Crippen LogP contribution in [-0.4, -0.2) is 40.6 Å². The number of nitrogens with zero attached hydrogens (tertiary/aromatic N) is 2. The van der Waals surface area contributed by atoms with Gasteiger partial charge in [-0.15, -0.1) is 0 Å². The van der Waals surface area contributed by atoms with Crippen LogP contribution in [0.2, 0.25) is 0 Å². The van der Waals surface area contributed by atoms with Gasteiger partial charge in [0.05, 0.1) is 16.2 Å². The second-order valence-corrected chi connectivity index (χ2v) is 7.74. The SMILES string of the molecule is CN1C(=O)C(=C2SC(=S)N(CCC(=O)[O-])C2=O)c2cc(Br)ccc21. The Kier molecular flexibility index (Phi) is 4.50. The molecule has 2 aliphatic rings. The number of carboxylic acids is 1. The van der Waals surface area contributed by atoms with Crippen LogP contribution in [0.15, 0.2) is 27.6 Å². The van der Waals surface area contributed by atoms with Crippen LogP contribution in [0.25, 0.3) is 5.57 Å². The van der Waals surface area contributed by atoms with E-state index in [0.717, 1.165) is 16.2 Å². The molecular formula is C15H10BrN2O4S2-. The molecule has 6 nitrogen and oxygen atoms in total. The summed E-state index contributed by atoms with van der Waals surface area (Å²) in [4.78, 5) is 38.8. The fraction of sp³-hybridized carbons (Fsp3) is 0.200. The number of carbonyl (C=O) groups excluding carboxylic acids is 3. The molecule has 2 heterocycles. The molecule has 3 rings (SSSR count). The van der Waals surface area contributed by atoms with Crippen molar-refractivity contribution < 1.29 is 19.5 Å². The molecule has 2 amide bonds. The van der Waals surface area contributed by atoms with Crippen LogP contribution >= 0.6 is 39.9 Å². The number of carbonyl (C=O) groups is 3. The number of benzene rings is 1. The zero-order valence-corrected chi connectivity index (χ0v) is 15.6. The minimum absolute atomic E-state index is 0.0703. The molecule has 0 saturated carbocycles. The van der Waals surface area contributed by atoms with E-state index in [4.69, 9.17) is 12.2 Å². The molecule has 1 aromatic rings. The summed E-state index contributed by atoms with van der Waals surface area (Å²) in [6.07, 6.45) is -0.314. The van der Waals surface area contributed by atoms with Crippen LogP contribution in [0.3, 0.4) is 0 Å². The van der Waals surface area contributed by atoms with E-state index in [-0.39, 0.29) is 28.1 Å². The summed E-state index contributed by atoms with van der Waals surface area (Å²) in [5, 5.41) is 10.6. The average Bonchev–Trinajstić information content (AvgIpc) is 2.92. The Morgan fingerprint density at radius 1 is 1.33 bits per heavy atom. The van der Waals surface area contributed by atoms with Gasteiger partial charge >= 0.3 is 0 Å². The van der Waals surface area contributed by atoms with Crippen LogP contribution < -0.4 is 10.0 Å². The lowest BCUT2D eigenvalue weighted by Gasteiger charge is -2.14. The minimum atomic E-state index is -1.26.